The minimum atomic E-state index is -3.85. The third kappa shape index (κ3) is 7.13. The Morgan fingerprint density at radius 1 is 1.14 bits per heavy atom. The summed E-state index contributed by atoms with van der Waals surface area (Å²) < 4.78 is 32.0. The predicted molar refractivity (Wildman–Crippen MR) is 142 cm³/mol. The van der Waals surface area contributed by atoms with Crippen molar-refractivity contribution in [2.75, 3.05) is 24.2 Å². The highest BCUT2D eigenvalue weighted by atomic mass is 35.5. The van der Waals surface area contributed by atoms with E-state index in [4.69, 9.17) is 16.3 Å². The van der Waals surface area contributed by atoms with Gasteiger partial charge in [0, 0.05) is 17.6 Å². The van der Waals surface area contributed by atoms with E-state index < -0.39 is 28.5 Å². The predicted octanol–water partition coefficient (Wildman–Crippen LogP) is 3.90. The Hall–Kier alpha value is -2.78. The molecule has 0 heterocycles. The summed E-state index contributed by atoms with van der Waals surface area (Å²) >= 11 is 6.02. The van der Waals surface area contributed by atoms with Crippen molar-refractivity contribution in [1.29, 1.82) is 0 Å². The van der Waals surface area contributed by atoms with Crippen LogP contribution in [0.5, 0.6) is 5.75 Å². The molecule has 10 heteroatoms. The molecule has 3 rings (SSSR count). The number of aryl methyl sites for hydroxylation is 1. The summed E-state index contributed by atoms with van der Waals surface area (Å²) in [7, 11) is -2.41. The van der Waals surface area contributed by atoms with Crippen molar-refractivity contribution in [1.82, 2.24) is 10.2 Å². The van der Waals surface area contributed by atoms with Gasteiger partial charge in [0.2, 0.25) is 21.8 Å². The van der Waals surface area contributed by atoms with E-state index in [1.165, 1.54) is 12.0 Å². The number of hydrogen-bond acceptors (Lipinski definition) is 5. The van der Waals surface area contributed by atoms with Gasteiger partial charge in [0.1, 0.15) is 18.3 Å². The molecule has 1 fully saturated rings. The number of hydrogen-bond donors (Lipinski definition) is 1. The van der Waals surface area contributed by atoms with Gasteiger partial charge in [0.05, 0.1) is 19.1 Å². The van der Waals surface area contributed by atoms with E-state index in [1.54, 1.807) is 49.4 Å². The number of anilines is 1. The highest BCUT2D eigenvalue weighted by molar-refractivity contribution is 7.92. The number of rotatable bonds is 10. The van der Waals surface area contributed by atoms with Gasteiger partial charge < -0.3 is 15.0 Å². The van der Waals surface area contributed by atoms with Gasteiger partial charge in [-0.25, -0.2) is 8.42 Å². The zero-order valence-corrected chi connectivity index (χ0v) is 22.7. The van der Waals surface area contributed by atoms with E-state index in [0.29, 0.717) is 10.8 Å². The first kappa shape index (κ1) is 27.8. The molecule has 0 radical (unpaired) electrons. The van der Waals surface area contributed by atoms with Crippen LogP contribution in [-0.2, 0) is 26.2 Å². The van der Waals surface area contributed by atoms with Crippen LogP contribution in [-0.4, -0.2) is 57.1 Å². The summed E-state index contributed by atoms with van der Waals surface area (Å²) in [4.78, 5) is 28.2. The molecule has 0 saturated heterocycles. The highest BCUT2D eigenvalue weighted by Gasteiger charge is 2.32. The van der Waals surface area contributed by atoms with Gasteiger partial charge in [-0.3, -0.25) is 13.9 Å². The molecule has 8 nitrogen and oxygen atoms in total. The van der Waals surface area contributed by atoms with Gasteiger partial charge in [-0.1, -0.05) is 42.6 Å². The van der Waals surface area contributed by atoms with E-state index >= 15 is 0 Å². The Bertz CT molecular complexity index is 1180. The topological polar surface area (TPSA) is 96.0 Å². The van der Waals surface area contributed by atoms with Crippen LogP contribution in [0.2, 0.25) is 5.02 Å². The van der Waals surface area contributed by atoms with Crippen molar-refractivity contribution in [3.63, 3.8) is 0 Å². The molecule has 196 valence electrons. The molecule has 1 N–H and O–H groups in total. The molecule has 2 aromatic rings. The number of methoxy groups -OCH3 is 1. The second-order valence-corrected chi connectivity index (χ2v) is 11.6. The average Bonchev–Trinajstić information content (AvgIpc) is 3.33. The third-order valence-electron chi connectivity index (χ3n) is 6.42. The maximum absolute atomic E-state index is 13.7. The fourth-order valence-corrected chi connectivity index (χ4v) is 5.32. The van der Waals surface area contributed by atoms with Crippen molar-refractivity contribution in [2.24, 2.45) is 0 Å². The SMILES string of the molecule is COc1ccc(C)cc1N(CC(=O)N(Cc1ccc(Cl)cc1)[C@H](C)C(=O)NC1CCCC1)S(C)(=O)=O. The number of amides is 2. The fraction of sp³-hybridized carbons (Fsp3) is 0.462. The lowest BCUT2D eigenvalue weighted by Gasteiger charge is -2.32. The summed E-state index contributed by atoms with van der Waals surface area (Å²) in [5.74, 6) is -0.439. The minimum absolute atomic E-state index is 0.0940. The second kappa shape index (κ2) is 12.0. The Labute approximate surface area is 218 Å². The summed E-state index contributed by atoms with van der Waals surface area (Å²) in [6.45, 7) is 3.13. The largest absolute Gasteiger partial charge is 0.495 e. The van der Waals surface area contributed by atoms with Gasteiger partial charge in [-0.15, -0.1) is 0 Å². The van der Waals surface area contributed by atoms with Crippen LogP contribution in [0, 0.1) is 6.92 Å². The maximum atomic E-state index is 13.7. The number of halogens is 1. The molecule has 1 aliphatic carbocycles. The van der Waals surface area contributed by atoms with Crippen LogP contribution < -0.4 is 14.4 Å². The summed E-state index contributed by atoms with van der Waals surface area (Å²) in [6.07, 6.45) is 5.00. The molecular formula is C26H34ClN3O5S. The molecule has 36 heavy (non-hydrogen) atoms. The number of ether oxygens (including phenoxy) is 1. The quantitative estimate of drug-likeness (QED) is 0.498. The smallest absolute Gasteiger partial charge is 0.244 e. The van der Waals surface area contributed by atoms with Crippen LogP contribution in [0.3, 0.4) is 0 Å². The number of benzene rings is 2. The van der Waals surface area contributed by atoms with Crippen LogP contribution in [0.25, 0.3) is 0 Å². The molecule has 0 spiro atoms. The van der Waals surface area contributed by atoms with Crippen LogP contribution in [0.1, 0.15) is 43.7 Å². The van der Waals surface area contributed by atoms with E-state index in [1.807, 2.05) is 6.92 Å². The van der Waals surface area contributed by atoms with Gasteiger partial charge >= 0.3 is 0 Å². The lowest BCUT2D eigenvalue weighted by molar-refractivity contribution is -0.139. The Kier molecular flexibility index (Phi) is 9.24. The fourth-order valence-electron chi connectivity index (χ4n) is 4.35. The molecule has 0 aliphatic heterocycles. The molecular weight excluding hydrogens is 502 g/mol. The number of carbonyl (C=O) groups is 2. The molecule has 0 bridgehead atoms. The van der Waals surface area contributed by atoms with Gasteiger partial charge in [-0.05, 0) is 62.1 Å². The van der Waals surface area contributed by atoms with Crippen LogP contribution in [0.15, 0.2) is 42.5 Å². The Balaban J connectivity index is 1.92. The molecule has 2 amide bonds. The zero-order valence-electron chi connectivity index (χ0n) is 21.2. The number of sulfonamides is 1. The van der Waals surface area contributed by atoms with Crippen molar-refractivity contribution < 1.29 is 22.7 Å². The highest BCUT2D eigenvalue weighted by Crippen LogP contribution is 2.31. The molecule has 1 saturated carbocycles. The van der Waals surface area contributed by atoms with Gasteiger partial charge in [0.15, 0.2) is 0 Å². The van der Waals surface area contributed by atoms with Gasteiger partial charge in [0.25, 0.3) is 0 Å². The number of nitrogens with one attached hydrogen (secondary N) is 1. The maximum Gasteiger partial charge on any atom is 0.244 e. The van der Waals surface area contributed by atoms with E-state index in [-0.39, 0.29) is 24.2 Å². The summed E-state index contributed by atoms with van der Waals surface area (Å²) in [5.41, 5.74) is 1.85. The lowest BCUT2D eigenvalue weighted by atomic mass is 10.1. The monoisotopic (exact) mass is 535 g/mol. The second-order valence-electron chi connectivity index (χ2n) is 9.26. The number of carbonyl (C=O) groups excluding carboxylic acids is 2. The van der Waals surface area contributed by atoms with Crippen molar-refractivity contribution in [2.45, 2.75) is 58.2 Å². The van der Waals surface area contributed by atoms with Crippen molar-refractivity contribution in [3.05, 3.63) is 58.6 Å². The van der Waals surface area contributed by atoms with Crippen LogP contribution >= 0.6 is 11.6 Å². The molecule has 2 aromatic carbocycles. The van der Waals surface area contributed by atoms with Gasteiger partial charge in [-0.2, -0.15) is 0 Å². The van der Waals surface area contributed by atoms with E-state index in [9.17, 15) is 18.0 Å². The Morgan fingerprint density at radius 2 is 1.78 bits per heavy atom. The minimum Gasteiger partial charge on any atom is -0.495 e. The lowest BCUT2D eigenvalue weighted by Crippen LogP contribution is -2.52. The first-order valence-electron chi connectivity index (χ1n) is 12.0. The zero-order chi connectivity index (χ0) is 26.5. The standard InChI is InChI=1S/C26H34ClN3O5S/c1-18-9-14-24(35-3)23(15-18)30(36(4,33)34)17-25(31)29(16-20-10-12-21(27)13-11-20)19(2)26(32)28-22-7-5-6-8-22/h9-15,19,22H,5-8,16-17H2,1-4H3,(H,28,32)/t19-/m1/s1. The molecule has 1 aliphatic rings. The first-order valence-corrected chi connectivity index (χ1v) is 14.2. The average molecular weight is 536 g/mol. The van der Waals surface area contributed by atoms with Crippen molar-refractivity contribution >= 4 is 39.1 Å². The molecule has 0 aromatic heterocycles. The summed E-state index contributed by atoms with van der Waals surface area (Å²) in [5, 5.41) is 3.60. The molecule has 0 unspecified atom stereocenters. The Morgan fingerprint density at radius 3 is 2.36 bits per heavy atom. The van der Waals surface area contributed by atoms with Crippen LogP contribution in [0.4, 0.5) is 5.69 Å². The number of nitrogens with zero attached hydrogens (tertiary/aromatic N) is 2. The normalized spacial score (nSPS) is 14.8. The third-order valence-corrected chi connectivity index (χ3v) is 7.80. The molecule has 1 atom stereocenters. The summed E-state index contributed by atoms with van der Waals surface area (Å²) in [6, 6.07) is 11.4. The van der Waals surface area contributed by atoms with E-state index in [2.05, 4.69) is 5.32 Å². The van der Waals surface area contributed by atoms with Crippen molar-refractivity contribution in [3.8, 4) is 5.75 Å². The van der Waals surface area contributed by atoms with E-state index in [0.717, 1.165) is 47.4 Å². The first-order chi connectivity index (χ1) is 17.0.